The molecule has 1 unspecified atom stereocenters. The zero-order valence-corrected chi connectivity index (χ0v) is 19.6. The topological polar surface area (TPSA) is 74.3 Å². The van der Waals surface area contributed by atoms with E-state index in [2.05, 4.69) is 10.2 Å². The summed E-state index contributed by atoms with van der Waals surface area (Å²) in [5.74, 6) is 1.71. The maximum atomic E-state index is 12.7. The molecule has 2 aliphatic heterocycles. The molecule has 2 N–H and O–H groups in total. The van der Waals surface area contributed by atoms with Gasteiger partial charge in [0.25, 0.3) is 5.91 Å². The van der Waals surface area contributed by atoms with Crippen molar-refractivity contribution in [1.29, 1.82) is 0 Å². The number of methoxy groups -OCH3 is 2. The van der Waals surface area contributed by atoms with Gasteiger partial charge >= 0.3 is 0 Å². The van der Waals surface area contributed by atoms with Gasteiger partial charge < -0.3 is 29.7 Å². The van der Waals surface area contributed by atoms with E-state index >= 15 is 0 Å². The van der Waals surface area contributed by atoms with E-state index in [0.717, 1.165) is 74.6 Å². The third kappa shape index (κ3) is 5.78. The summed E-state index contributed by atoms with van der Waals surface area (Å²) in [4.78, 5) is 16.9. The molecule has 178 valence electrons. The van der Waals surface area contributed by atoms with Gasteiger partial charge in [-0.3, -0.25) is 4.79 Å². The number of amides is 1. The van der Waals surface area contributed by atoms with E-state index in [1.807, 2.05) is 42.5 Å². The summed E-state index contributed by atoms with van der Waals surface area (Å²) in [6.45, 7) is 3.84. The fourth-order valence-corrected chi connectivity index (χ4v) is 4.75. The molecule has 1 amide bonds. The number of benzene rings is 2. The van der Waals surface area contributed by atoms with Gasteiger partial charge in [-0.1, -0.05) is 0 Å². The third-order valence-corrected chi connectivity index (χ3v) is 6.73. The van der Waals surface area contributed by atoms with E-state index in [0.29, 0.717) is 18.2 Å². The average Bonchev–Trinajstić information content (AvgIpc) is 2.87. The van der Waals surface area contributed by atoms with Crippen LogP contribution in [0.2, 0.25) is 0 Å². The van der Waals surface area contributed by atoms with Crippen LogP contribution in [-0.4, -0.2) is 68.5 Å². The summed E-state index contributed by atoms with van der Waals surface area (Å²) in [5, 5.41) is 13.5. The standard InChI is InChI=1S/C26H35N3O4/c1-32-24-9-10-25(33-2)20(16-24)17-27-21-11-14-28(15-12-21)22-7-5-19(6-8-22)26(31)29-13-3-4-23(30)18-29/h5-10,16,21,23,27,30H,3-4,11-15,17-18H2,1-2H3. The lowest BCUT2D eigenvalue weighted by Gasteiger charge is -2.34. The average molecular weight is 454 g/mol. The van der Waals surface area contributed by atoms with Crippen molar-refractivity contribution in [2.45, 2.75) is 44.4 Å². The van der Waals surface area contributed by atoms with Crippen LogP contribution >= 0.6 is 0 Å². The number of β-amino-alcohol motifs (C(OH)–C–C–N with tert-alkyl or cyclic N) is 1. The monoisotopic (exact) mass is 453 g/mol. The molecule has 4 rings (SSSR count). The van der Waals surface area contributed by atoms with Crippen LogP contribution in [0.5, 0.6) is 11.5 Å². The molecule has 7 heteroatoms. The molecular formula is C26H35N3O4. The number of likely N-dealkylation sites (tertiary alicyclic amines) is 1. The number of hydrogen-bond donors (Lipinski definition) is 2. The Labute approximate surface area is 196 Å². The highest BCUT2D eigenvalue weighted by Crippen LogP contribution is 2.25. The zero-order valence-electron chi connectivity index (χ0n) is 19.6. The molecule has 2 heterocycles. The molecule has 1 atom stereocenters. The van der Waals surface area contributed by atoms with Gasteiger partial charge in [0.05, 0.1) is 20.3 Å². The van der Waals surface area contributed by atoms with Crippen LogP contribution in [0.15, 0.2) is 42.5 Å². The summed E-state index contributed by atoms with van der Waals surface area (Å²) in [5.41, 5.74) is 2.94. The number of carbonyl (C=O) groups excluding carboxylic acids is 1. The van der Waals surface area contributed by atoms with Crippen molar-refractivity contribution in [3.8, 4) is 11.5 Å². The number of aliphatic hydroxyl groups is 1. The van der Waals surface area contributed by atoms with E-state index in [1.165, 1.54) is 0 Å². The van der Waals surface area contributed by atoms with Crippen LogP contribution < -0.4 is 19.7 Å². The van der Waals surface area contributed by atoms with Crippen molar-refractivity contribution in [3.05, 3.63) is 53.6 Å². The summed E-state index contributed by atoms with van der Waals surface area (Å²) >= 11 is 0. The van der Waals surface area contributed by atoms with Gasteiger partial charge in [-0.15, -0.1) is 0 Å². The first-order chi connectivity index (χ1) is 16.1. The van der Waals surface area contributed by atoms with E-state index in [9.17, 15) is 9.90 Å². The maximum Gasteiger partial charge on any atom is 0.253 e. The van der Waals surface area contributed by atoms with E-state index in [1.54, 1.807) is 19.1 Å². The highest BCUT2D eigenvalue weighted by atomic mass is 16.5. The van der Waals surface area contributed by atoms with Crippen molar-refractivity contribution in [3.63, 3.8) is 0 Å². The van der Waals surface area contributed by atoms with Gasteiger partial charge in [-0.25, -0.2) is 0 Å². The fourth-order valence-electron chi connectivity index (χ4n) is 4.75. The van der Waals surface area contributed by atoms with E-state index in [4.69, 9.17) is 9.47 Å². The summed E-state index contributed by atoms with van der Waals surface area (Å²) in [7, 11) is 3.37. The van der Waals surface area contributed by atoms with Crippen LogP contribution in [0, 0.1) is 0 Å². The highest BCUT2D eigenvalue weighted by molar-refractivity contribution is 5.94. The second kappa shape index (κ2) is 10.9. The molecule has 0 spiro atoms. The van der Waals surface area contributed by atoms with E-state index in [-0.39, 0.29) is 5.91 Å². The number of aliphatic hydroxyl groups excluding tert-OH is 1. The number of hydrogen-bond acceptors (Lipinski definition) is 6. The van der Waals surface area contributed by atoms with Crippen LogP contribution in [0.1, 0.15) is 41.6 Å². The van der Waals surface area contributed by atoms with Gasteiger partial charge in [0, 0.05) is 55.6 Å². The predicted molar refractivity (Wildman–Crippen MR) is 129 cm³/mol. The van der Waals surface area contributed by atoms with Crippen LogP contribution in [0.25, 0.3) is 0 Å². The normalized spacial score (nSPS) is 19.4. The Morgan fingerprint density at radius 3 is 2.45 bits per heavy atom. The highest BCUT2D eigenvalue weighted by Gasteiger charge is 2.24. The minimum atomic E-state index is -0.401. The number of carbonyl (C=O) groups is 1. The van der Waals surface area contributed by atoms with Crippen molar-refractivity contribution >= 4 is 11.6 Å². The molecule has 2 aromatic carbocycles. The fraction of sp³-hybridized carbons (Fsp3) is 0.500. The van der Waals surface area contributed by atoms with Gasteiger partial charge in [0.1, 0.15) is 11.5 Å². The lowest BCUT2D eigenvalue weighted by molar-refractivity contribution is 0.0474. The minimum absolute atomic E-state index is 0.0104. The molecule has 0 aromatic heterocycles. The number of nitrogens with zero attached hydrogens (tertiary/aromatic N) is 2. The smallest absolute Gasteiger partial charge is 0.253 e. The first-order valence-electron chi connectivity index (χ1n) is 11.8. The molecule has 0 bridgehead atoms. The Morgan fingerprint density at radius 1 is 1.03 bits per heavy atom. The minimum Gasteiger partial charge on any atom is -0.497 e. The van der Waals surface area contributed by atoms with E-state index < -0.39 is 6.10 Å². The summed E-state index contributed by atoms with van der Waals surface area (Å²) < 4.78 is 10.8. The first kappa shape index (κ1) is 23.4. The number of ether oxygens (including phenoxy) is 2. The van der Waals surface area contributed by atoms with Crippen LogP contribution in [0.4, 0.5) is 5.69 Å². The molecule has 2 aromatic rings. The molecule has 33 heavy (non-hydrogen) atoms. The van der Waals surface area contributed by atoms with Crippen LogP contribution in [-0.2, 0) is 6.54 Å². The van der Waals surface area contributed by atoms with Gasteiger partial charge in [0.15, 0.2) is 0 Å². The zero-order chi connectivity index (χ0) is 23.2. The molecular weight excluding hydrogens is 418 g/mol. The van der Waals surface area contributed by atoms with Crippen molar-refractivity contribution < 1.29 is 19.4 Å². The molecule has 2 aliphatic rings. The molecule has 2 saturated heterocycles. The maximum absolute atomic E-state index is 12.7. The second-order valence-corrected chi connectivity index (χ2v) is 8.91. The van der Waals surface area contributed by atoms with Crippen molar-refractivity contribution in [2.24, 2.45) is 0 Å². The first-order valence-corrected chi connectivity index (χ1v) is 11.8. The Hall–Kier alpha value is -2.77. The van der Waals surface area contributed by atoms with Gasteiger partial charge in [0.2, 0.25) is 0 Å². The molecule has 7 nitrogen and oxygen atoms in total. The molecule has 0 saturated carbocycles. The number of rotatable bonds is 7. The number of piperidine rings is 2. The largest absolute Gasteiger partial charge is 0.497 e. The SMILES string of the molecule is COc1ccc(OC)c(CNC2CCN(c3ccc(C(=O)N4CCCC(O)C4)cc3)CC2)c1. The van der Waals surface area contributed by atoms with Crippen LogP contribution in [0.3, 0.4) is 0 Å². The second-order valence-electron chi connectivity index (χ2n) is 8.91. The van der Waals surface area contributed by atoms with Gasteiger partial charge in [-0.05, 0) is 68.1 Å². The van der Waals surface area contributed by atoms with Crippen molar-refractivity contribution in [1.82, 2.24) is 10.2 Å². The Balaban J connectivity index is 1.28. The number of nitrogens with one attached hydrogen (secondary N) is 1. The predicted octanol–water partition coefficient (Wildman–Crippen LogP) is 3.06. The molecule has 0 radical (unpaired) electrons. The lowest BCUT2D eigenvalue weighted by atomic mass is 10.0. The Bertz CT molecular complexity index is 926. The van der Waals surface area contributed by atoms with Crippen molar-refractivity contribution in [2.75, 3.05) is 45.3 Å². The summed E-state index contributed by atoms with van der Waals surface area (Å²) in [6, 6.07) is 14.2. The lowest BCUT2D eigenvalue weighted by Crippen LogP contribution is -2.42. The van der Waals surface area contributed by atoms with Gasteiger partial charge in [-0.2, -0.15) is 0 Å². The Morgan fingerprint density at radius 2 is 1.79 bits per heavy atom. The molecule has 0 aliphatic carbocycles. The summed E-state index contributed by atoms with van der Waals surface area (Å²) in [6.07, 6.45) is 3.35. The number of anilines is 1. The molecule has 2 fully saturated rings. The quantitative estimate of drug-likeness (QED) is 0.671. The third-order valence-electron chi connectivity index (χ3n) is 6.73. The Kier molecular flexibility index (Phi) is 7.73.